The fourth-order valence-electron chi connectivity index (χ4n) is 0.253. The van der Waals surface area contributed by atoms with Gasteiger partial charge in [0.25, 0.3) is 0 Å². The quantitative estimate of drug-likeness (QED) is 0.415. The lowest BCUT2D eigenvalue weighted by Crippen LogP contribution is -2.12. The summed E-state index contributed by atoms with van der Waals surface area (Å²) in [5, 5.41) is -0.511. The van der Waals surface area contributed by atoms with E-state index >= 15 is 0 Å². The van der Waals surface area contributed by atoms with Crippen LogP contribution in [0.15, 0.2) is 11.1 Å². The van der Waals surface area contributed by atoms with E-state index in [0.717, 1.165) is 0 Å². The van der Waals surface area contributed by atoms with Crippen molar-refractivity contribution in [2.24, 2.45) is 11.8 Å². The molecule has 7 heteroatoms. The van der Waals surface area contributed by atoms with E-state index in [0.29, 0.717) is 6.08 Å². The smallest absolute Gasteiger partial charge is 0.368 e. The molecule has 0 rings (SSSR count). The zero-order valence-corrected chi connectivity index (χ0v) is 6.00. The molecule has 0 amide bonds. The van der Waals surface area contributed by atoms with Crippen LogP contribution < -0.4 is 11.8 Å². The standard InChI is InChI=1S/C4H5ClN2O4/c5-2(4(9)11-7)1-3(8)10-6/h1H,6-7H2/b2-1+. The summed E-state index contributed by atoms with van der Waals surface area (Å²) < 4.78 is 0. The van der Waals surface area contributed by atoms with E-state index in [2.05, 4.69) is 21.5 Å². The normalized spacial score (nSPS) is 10.6. The Morgan fingerprint density at radius 1 is 1.27 bits per heavy atom. The van der Waals surface area contributed by atoms with E-state index in [1.165, 1.54) is 0 Å². The van der Waals surface area contributed by atoms with Crippen molar-refractivity contribution in [3.8, 4) is 0 Å². The molecule has 0 aliphatic rings. The molecule has 0 atom stereocenters. The maximum Gasteiger partial charge on any atom is 0.368 e. The number of carbonyl (C=O) groups is 2. The Bertz CT molecular complexity index is 202. The van der Waals surface area contributed by atoms with Gasteiger partial charge in [0.05, 0.1) is 6.08 Å². The second-order valence-electron chi connectivity index (χ2n) is 1.33. The van der Waals surface area contributed by atoms with Crippen LogP contribution >= 0.6 is 11.6 Å². The zero-order chi connectivity index (χ0) is 8.85. The Morgan fingerprint density at radius 3 is 2.18 bits per heavy atom. The lowest BCUT2D eigenvalue weighted by Gasteiger charge is -1.93. The third kappa shape index (κ3) is 3.56. The van der Waals surface area contributed by atoms with Crippen molar-refractivity contribution < 1.29 is 19.3 Å². The van der Waals surface area contributed by atoms with Gasteiger partial charge in [-0.25, -0.2) is 9.59 Å². The molecule has 11 heavy (non-hydrogen) atoms. The third-order valence-electron chi connectivity index (χ3n) is 0.663. The van der Waals surface area contributed by atoms with Gasteiger partial charge < -0.3 is 9.68 Å². The molecule has 0 unspecified atom stereocenters. The van der Waals surface area contributed by atoms with Gasteiger partial charge in [-0.15, -0.1) is 0 Å². The fourth-order valence-corrected chi connectivity index (χ4v) is 0.386. The molecule has 0 saturated carbocycles. The van der Waals surface area contributed by atoms with E-state index in [1.807, 2.05) is 0 Å². The highest BCUT2D eigenvalue weighted by Crippen LogP contribution is 2.01. The molecule has 62 valence electrons. The minimum Gasteiger partial charge on any atom is -0.370 e. The summed E-state index contributed by atoms with van der Waals surface area (Å²) in [5.41, 5.74) is 0. The predicted molar refractivity (Wildman–Crippen MR) is 34.5 cm³/mol. The predicted octanol–water partition coefficient (Wildman–Crippen LogP) is -1.06. The summed E-state index contributed by atoms with van der Waals surface area (Å²) in [5.74, 6) is 6.84. The molecule has 0 saturated heterocycles. The summed E-state index contributed by atoms with van der Waals surface area (Å²) in [7, 11) is 0. The lowest BCUT2D eigenvalue weighted by atomic mass is 10.5. The highest BCUT2D eigenvalue weighted by molar-refractivity contribution is 6.42. The molecule has 6 nitrogen and oxygen atoms in total. The van der Waals surface area contributed by atoms with Gasteiger partial charge in [-0.3, -0.25) is 0 Å². The molecular formula is C4H5ClN2O4. The van der Waals surface area contributed by atoms with E-state index < -0.39 is 17.0 Å². The van der Waals surface area contributed by atoms with Crippen LogP contribution in [-0.4, -0.2) is 11.9 Å². The van der Waals surface area contributed by atoms with Crippen molar-refractivity contribution in [3.63, 3.8) is 0 Å². The fraction of sp³-hybridized carbons (Fsp3) is 0. The molecule has 0 heterocycles. The maximum atomic E-state index is 10.4. The molecule has 0 fully saturated rings. The van der Waals surface area contributed by atoms with E-state index in [9.17, 15) is 9.59 Å². The van der Waals surface area contributed by atoms with Gasteiger partial charge >= 0.3 is 11.9 Å². The second-order valence-corrected chi connectivity index (χ2v) is 1.74. The summed E-state index contributed by atoms with van der Waals surface area (Å²) in [6, 6.07) is 0. The van der Waals surface area contributed by atoms with Crippen molar-refractivity contribution >= 4 is 23.5 Å². The second kappa shape index (κ2) is 4.67. The topological polar surface area (TPSA) is 105 Å². The molecule has 0 aromatic carbocycles. The number of rotatable bonds is 2. The van der Waals surface area contributed by atoms with Crippen LogP contribution in [-0.2, 0) is 19.3 Å². The van der Waals surface area contributed by atoms with Gasteiger partial charge in [-0.1, -0.05) is 11.6 Å². The summed E-state index contributed by atoms with van der Waals surface area (Å²) in [6.07, 6.45) is 0.636. The Labute approximate surface area is 66.6 Å². The van der Waals surface area contributed by atoms with Gasteiger partial charge in [0, 0.05) is 0 Å². The molecule has 0 bridgehead atoms. The highest BCUT2D eigenvalue weighted by atomic mass is 35.5. The number of halogens is 1. The first-order chi connectivity index (χ1) is 5.11. The monoisotopic (exact) mass is 180 g/mol. The summed E-state index contributed by atoms with van der Waals surface area (Å²) in [4.78, 5) is 28.0. The summed E-state index contributed by atoms with van der Waals surface area (Å²) in [6.45, 7) is 0. The molecule has 0 radical (unpaired) electrons. The molecule has 4 N–H and O–H groups in total. The Kier molecular flexibility index (Phi) is 4.20. The minimum atomic E-state index is -1.04. The Morgan fingerprint density at radius 2 is 1.82 bits per heavy atom. The first kappa shape index (κ1) is 9.89. The van der Waals surface area contributed by atoms with E-state index in [-0.39, 0.29) is 0 Å². The van der Waals surface area contributed by atoms with Gasteiger partial charge in [0.2, 0.25) is 0 Å². The van der Waals surface area contributed by atoms with Crippen LogP contribution in [0.5, 0.6) is 0 Å². The largest absolute Gasteiger partial charge is 0.370 e. The summed E-state index contributed by atoms with van der Waals surface area (Å²) >= 11 is 5.16. The van der Waals surface area contributed by atoms with Crippen LogP contribution in [0, 0.1) is 0 Å². The molecule has 0 aliphatic heterocycles. The van der Waals surface area contributed by atoms with Crippen LogP contribution in [0.25, 0.3) is 0 Å². The maximum absolute atomic E-state index is 10.4. The van der Waals surface area contributed by atoms with Gasteiger partial charge in [-0.2, -0.15) is 11.8 Å². The van der Waals surface area contributed by atoms with Crippen molar-refractivity contribution in [2.45, 2.75) is 0 Å². The van der Waals surface area contributed by atoms with Gasteiger partial charge in [0.1, 0.15) is 5.03 Å². The van der Waals surface area contributed by atoms with E-state index in [4.69, 9.17) is 11.6 Å². The van der Waals surface area contributed by atoms with Crippen molar-refractivity contribution in [1.29, 1.82) is 0 Å². The van der Waals surface area contributed by atoms with Crippen molar-refractivity contribution in [2.75, 3.05) is 0 Å². The van der Waals surface area contributed by atoms with Crippen LogP contribution in [0.4, 0.5) is 0 Å². The minimum absolute atomic E-state index is 0.511. The van der Waals surface area contributed by atoms with E-state index in [1.54, 1.807) is 0 Å². The number of carbonyl (C=O) groups excluding carboxylic acids is 2. The zero-order valence-electron chi connectivity index (χ0n) is 5.24. The van der Waals surface area contributed by atoms with Gasteiger partial charge in [-0.05, 0) is 0 Å². The van der Waals surface area contributed by atoms with Crippen LogP contribution in [0.3, 0.4) is 0 Å². The SMILES string of the molecule is NOC(=O)/C=C(/Cl)C(=O)ON. The third-order valence-corrected chi connectivity index (χ3v) is 0.926. The van der Waals surface area contributed by atoms with Crippen molar-refractivity contribution in [3.05, 3.63) is 11.1 Å². The van der Waals surface area contributed by atoms with Crippen LogP contribution in [0.2, 0.25) is 0 Å². The van der Waals surface area contributed by atoms with Crippen LogP contribution in [0.1, 0.15) is 0 Å². The molecule has 0 aromatic heterocycles. The first-order valence-electron chi connectivity index (χ1n) is 2.30. The highest BCUT2D eigenvalue weighted by Gasteiger charge is 2.09. The van der Waals surface area contributed by atoms with Crippen molar-refractivity contribution in [1.82, 2.24) is 0 Å². The number of nitrogens with two attached hydrogens (primary N) is 2. The lowest BCUT2D eigenvalue weighted by molar-refractivity contribution is -0.141. The molecular weight excluding hydrogens is 176 g/mol. The molecule has 0 aliphatic carbocycles. The first-order valence-corrected chi connectivity index (χ1v) is 2.68. The average molecular weight is 181 g/mol. The number of hydrogen-bond donors (Lipinski definition) is 2. The number of hydrogen-bond acceptors (Lipinski definition) is 6. The molecule has 0 spiro atoms. The van der Waals surface area contributed by atoms with Gasteiger partial charge in [0.15, 0.2) is 0 Å². The molecule has 0 aromatic rings. The average Bonchev–Trinajstić information content (AvgIpc) is 2.02. The Balaban J connectivity index is 4.21. The Hall–Kier alpha value is -1.11.